The fourth-order valence-corrected chi connectivity index (χ4v) is 3.33. The van der Waals surface area contributed by atoms with Crippen molar-refractivity contribution < 1.29 is 4.74 Å². The fourth-order valence-electron chi connectivity index (χ4n) is 2.37. The largest absolute Gasteiger partial charge is 0.379 e. The normalized spacial score (nSPS) is 17.6. The smallest absolute Gasteiger partial charge is 0.222 e. The molecule has 0 saturated carbocycles. The summed E-state index contributed by atoms with van der Waals surface area (Å²) in [4.78, 5) is 12.2. The average Bonchev–Trinajstić information content (AvgIpc) is 3.05. The van der Waals surface area contributed by atoms with E-state index < -0.39 is 0 Å². The Morgan fingerprint density at radius 3 is 2.76 bits per heavy atom. The number of hydrogen-bond donors (Lipinski definition) is 1. The van der Waals surface area contributed by atoms with Crippen LogP contribution < -0.4 is 5.32 Å². The minimum absolute atomic E-state index is 0.313. The molecule has 0 aliphatic carbocycles. The topological polar surface area (TPSA) is 50.3 Å². The van der Waals surface area contributed by atoms with Gasteiger partial charge in [-0.05, 0) is 11.4 Å². The lowest BCUT2D eigenvalue weighted by Crippen LogP contribution is -2.41. The zero-order valence-electron chi connectivity index (χ0n) is 11.5. The standard InChI is InChI=1S/C14H17ClN4OS/c15-11-8-16-14(17-9-11)18-10-12(13-2-1-7-21-13)19-3-5-20-6-4-19/h1-2,7-9,12H,3-6,10H2,(H,16,17,18). The summed E-state index contributed by atoms with van der Waals surface area (Å²) in [7, 11) is 0. The molecule has 7 heteroatoms. The van der Waals surface area contributed by atoms with Crippen LogP contribution in [0.25, 0.3) is 0 Å². The van der Waals surface area contributed by atoms with Crippen molar-refractivity contribution in [3.05, 3.63) is 39.8 Å². The highest BCUT2D eigenvalue weighted by Gasteiger charge is 2.23. The molecule has 0 amide bonds. The van der Waals surface area contributed by atoms with Crippen molar-refractivity contribution >= 4 is 28.9 Å². The highest BCUT2D eigenvalue weighted by Crippen LogP contribution is 2.26. The number of nitrogens with one attached hydrogen (secondary N) is 1. The van der Waals surface area contributed by atoms with Gasteiger partial charge in [-0.3, -0.25) is 4.90 Å². The van der Waals surface area contributed by atoms with Crippen molar-refractivity contribution in [3.63, 3.8) is 0 Å². The molecule has 3 rings (SSSR count). The lowest BCUT2D eigenvalue weighted by atomic mass is 10.2. The Morgan fingerprint density at radius 2 is 2.10 bits per heavy atom. The van der Waals surface area contributed by atoms with Gasteiger partial charge in [0, 0.05) is 24.5 Å². The first-order valence-electron chi connectivity index (χ1n) is 6.89. The van der Waals surface area contributed by atoms with Crippen LogP contribution in [0.5, 0.6) is 0 Å². The third-order valence-electron chi connectivity index (χ3n) is 3.43. The summed E-state index contributed by atoms with van der Waals surface area (Å²) < 4.78 is 5.45. The molecule has 1 N–H and O–H groups in total. The number of thiophene rings is 1. The SMILES string of the molecule is Clc1cnc(NCC(c2cccs2)N2CCOCC2)nc1. The molecule has 1 aliphatic rings. The van der Waals surface area contributed by atoms with Crippen LogP contribution in [0.4, 0.5) is 5.95 Å². The van der Waals surface area contributed by atoms with Crippen LogP contribution in [0, 0.1) is 0 Å². The average molecular weight is 325 g/mol. The zero-order valence-corrected chi connectivity index (χ0v) is 13.1. The molecule has 0 radical (unpaired) electrons. The minimum atomic E-state index is 0.313. The summed E-state index contributed by atoms with van der Waals surface area (Å²) in [6.07, 6.45) is 3.21. The number of aromatic nitrogens is 2. The number of anilines is 1. The van der Waals surface area contributed by atoms with Crippen molar-refractivity contribution in [2.75, 3.05) is 38.2 Å². The minimum Gasteiger partial charge on any atom is -0.379 e. The van der Waals surface area contributed by atoms with Gasteiger partial charge in [-0.15, -0.1) is 11.3 Å². The van der Waals surface area contributed by atoms with Gasteiger partial charge in [-0.2, -0.15) is 0 Å². The first kappa shape index (κ1) is 14.7. The predicted octanol–water partition coefficient (Wildman–Crippen LogP) is 2.68. The van der Waals surface area contributed by atoms with Crippen molar-refractivity contribution in [1.29, 1.82) is 0 Å². The summed E-state index contributed by atoms with van der Waals surface area (Å²) in [5.74, 6) is 0.606. The van der Waals surface area contributed by atoms with Crippen molar-refractivity contribution in [2.45, 2.75) is 6.04 Å². The van der Waals surface area contributed by atoms with E-state index in [1.807, 2.05) is 0 Å². The Labute approximate surface area is 132 Å². The summed E-state index contributed by atoms with van der Waals surface area (Å²) >= 11 is 7.58. The van der Waals surface area contributed by atoms with Crippen LogP contribution in [-0.2, 0) is 4.74 Å². The van der Waals surface area contributed by atoms with Crippen LogP contribution >= 0.6 is 22.9 Å². The predicted molar refractivity (Wildman–Crippen MR) is 85.0 cm³/mol. The molecule has 1 aliphatic heterocycles. The van der Waals surface area contributed by atoms with E-state index in [2.05, 4.69) is 37.7 Å². The molecule has 0 bridgehead atoms. The third-order valence-corrected chi connectivity index (χ3v) is 4.60. The Hall–Kier alpha value is -1.21. The summed E-state index contributed by atoms with van der Waals surface area (Å²) in [5.41, 5.74) is 0. The molecule has 3 heterocycles. The number of hydrogen-bond acceptors (Lipinski definition) is 6. The second kappa shape index (κ2) is 7.17. The van der Waals surface area contributed by atoms with Crippen LogP contribution in [-0.4, -0.2) is 47.7 Å². The highest BCUT2D eigenvalue weighted by atomic mass is 35.5. The summed E-state index contributed by atoms with van der Waals surface area (Å²) in [5, 5.41) is 5.96. The Balaban J connectivity index is 1.68. The van der Waals surface area contributed by atoms with Gasteiger partial charge < -0.3 is 10.1 Å². The molecule has 21 heavy (non-hydrogen) atoms. The van der Waals surface area contributed by atoms with E-state index >= 15 is 0 Å². The van der Waals surface area contributed by atoms with Crippen LogP contribution in [0.3, 0.4) is 0 Å². The maximum absolute atomic E-state index is 5.80. The molecule has 0 aromatic carbocycles. The maximum atomic E-state index is 5.80. The molecule has 2 aromatic rings. The maximum Gasteiger partial charge on any atom is 0.222 e. The van der Waals surface area contributed by atoms with E-state index in [0.29, 0.717) is 17.0 Å². The molecule has 2 aromatic heterocycles. The van der Waals surface area contributed by atoms with E-state index in [9.17, 15) is 0 Å². The third kappa shape index (κ3) is 3.91. The molecule has 1 unspecified atom stereocenters. The quantitative estimate of drug-likeness (QED) is 0.916. The number of halogens is 1. The number of rotatable bonds is 5. The van der Waals surface area contributed by atoms with Gasteiger partial charge in [-0.25, -0.2) is 9.97 Å². The van der Waals surface area contributed by atoms with Gasteiger partial charge in [0.15, 0.2) is 0 Å². The molecule has 0 spiro atoms. The van der Waals surface area contributed by atoms with E-state index in [1.165, 1.54) is 4.88 Å². The highest BCUT2D eigenvalue weighted by molar-refractivity contribution is 7.10. The van der Waals surface area contributed by atoms with Crippen LogP contribution in [0.1, 0.15) is 10.9 Å². The van der Waals surface area contributed by atoms with Crippen molar-refractivity contribution in [1.82, 2.24) is 14.9 Å². The van der Waals surface area contributed by atoms with Gasteiger partial charge in [0.25, 0.3) is 0 Å². The van der Waals surface area contributed by atoms with E-state index in [4.69, 9.17) is 16.3 Å². The van der Waals surface area contributed by atoms with Crippen LogP contribution in [0.15, 0.2) is 29.9 Å². The first-order valence-corrected chi connectivity index (χ1v) is 8.15. The molecular formula is C14H17ClN4OS. The Kier molecular flexibility index (Phi) is 5.03. The number of nitrogens with zero attached hydrogens (tertiary/aromatic N) is 3. The van der Waals surface area contributed by atoms with E-state index in [0.717, 1.165) is 32.8 Å². The summed E-state index contributed by atoms with van der Waals surface area (Å²) in [6.45, 7) is 4.25. The lowest BCUT2D eigenvalue weighted by Gasteiger charge is -2.34. The van der Waals surface area contributed by atoms with Gasteiger partial charge in [0.2, 0.25) is 5.95 Å². The number of morpholine rings is 1. The zero-order chi connectivity index (χ0) is 14.5. The molecule has 1 atom stereocenters. The fraction of sp³-hybridized carbons (Fsp3) is 0.429. The molecule has 1 saturated heterocycles. The molecular weight excluding hydrogens is 308 g/mol. The first-order chi connectivity index (χ1) is 10.3. The van der Waals surface area contributed by atoms with Crippen molar-refractivity contribution in [2.24, 2.45) is 0 Å². The Bertz CT molecular complexity index is 543. The van der Waals surface area contributed by atoms with Gasteiger partial charge >= 0.3 is 0 Å². The molecule has 1 fully saturated rings. The van der Waals surface area contributed by atoms with Gasteiger partial charge in [-0.1, -0.05) is 17.7 Å². The van der Waals surface area contributed by atoms with E-state index in [-0.39, 0.29) is 0 Å². The Morgan fingerprint density at radius 1 is 1.33 bits per heavy atom. The second-order valence-electron chi connectivity index (χ2n) is 4.79. The molecule has 5 nitrogen and oxygen atoms in total. The van der Waals surface area contributed by atoms with Crippen molar-refractivity contribution in [3.8, 4) is 0 Å². The van der Waals surface area contributed by atoms with Gasteiger partial charge in [0.05, 0.1) is 36.7 Å². The van der Waals surface area contributed by atoms with Crippen LogP contribution in [0.2, 0.25) is 5.02 Å². The number of ether oxygens (including phenoxy) is 1. The second-order valence-corrected chi connectivity index (χ2v) is 6.20. The summed E-state index contributed by atoms with van der Waals surface area (Å²) in [6, 6.07) is 4.58. The lowest BCUT2D eigenvalue weighted by molar-refractivity contribution is 0.0193. The van der Waals surface area contributed by atoms with Gasteiger partial charge in [0.1, 0.15) is 0 Å². The van der Waals surface area contributed by atoms with E-state index in [1.54, 1.807) is 23.7 Å². The molecule has 112 valence electrons. The monoisotopic (exact) mass is 324 g/mol.